The van der Waals surface area contributed by atoms with Crippen LogP contribution in [0.4, 0.5) is 20.2 Å². The van der Waals surface area contributed by atoms with Crippen LogP contribution in [0.15, 0.2) is 36.4 Å². The summed E-state index contributed by atoms with van der Waals surface area (Å²) in [6.45, 7) is 1.78. The maximum absolute atomic E-state index is 13.2. The van der Waals surface area contributed by atoms with Gasteiger partial charge in [-0.25, -0.2) is 8.78 Å². The summed E-state index contributed by atoms with van der Waals surface area (Å²) in [6, 6.07) is 8.65. The van der Waals surface area contributed by atoms with Crippen LogP contribution in [0.2, 0.25) is 0 Å². The maximum atomic E-state index is 13.2. The molecule has 0 saturated heterocycles. The van der Waals surface area contributed by atoms with Gasteiger partial charge in [0.25, 0.3) is 5.91 Å². The predicted molar refractivity (Wildman–Crippen MR) is 95.1 cm³/mol. The van der Waals surface area contributed by atoms with Crippen molar-refractivity contribution in [1.29, 1.82) is 0 Å². The van der Waals surface area contributed by atoms with Crippen LogP contribution in [0.3, 0.4) is 0 Å². The first-order valence-electron chi connectivity index (χ1n) is 8.32. The second-order valence-corrected chi connectivity index (χ2v) is 6.31. The van der Waals surface area contributed by atoms with Crippen LogP contribution in [0, 0.1) is 18.6 Å². The summed E-state index contributed by atoms with van der Waals surface area (Å²) in [5, 5.41) is 8.36. The third kappa shape index (κ3) is 4.56. The van der Waals surface area contributed by atoms with Crippen molar-refractivity contribution in [3.63, 3.8) is 0 Å². The van der Waals surface area contributed by atoms with E-state index in [4.69, 9.17) is 0 Å². The van der Waals surface area contributed by atoms with Gasteiger partial charge < -0.3 is 16.0 Å². The lowest BCUT2D eigenvalue weighted by Crippen LogP contribution is -2.26. The van der Waals surface area contributed by atoms with E-state index >= 15 is 0 Å². The molecule has 0 spiro atoms. The zero-order valence-corrected chi connectivity index (χ0v) is 14.2. The fourth-order valence-corrected chi connectivity index (χ4v) is 2.40. The number of carbonyl (C=O) groups is 2. The van der Waals surface area contributed by atoms with Crippen LogP contribution in [-0.2, 0) is 4.79 Å². The van der Waals surface area contributed by atoms with E-state index in [1.54, 1.807) is 18.2 Å². The number of aryl methyl sites for hydroxylation is 1. The van der Waals surface area contributed by atoms with Crippen molar-refractivity contribution in [2.45, 2.75) is 25.8 Å². The summed E-state index contributed by atoms with van der Waals surface area (Å²) in [7, 11) is 0. The summed E-state index contributed by atoms with van der Waals surface area (Å²) >= 11 is 0. The van der Waals surface area contributed by atoms with Crippen molar-refractivity contribution < 1.29 is 18.4 Å². The summed E-state index contributed by atoms with van der Waals surface area (Å²) < 4.78 is 26.1. The fourth-order valence-electron chi connectivity index (χ4n) is 2.40. The summed E-state index contributed by atoms with van der Waals surface area (Å²) in [6.07, 6.45) is 2.01. The molecule has 3 N–H and O–H groups in total. The highest BCUT2D eigenvalue weighted by Gasteiger charge is 2.24. The minimum Gasteiger partial charge on any atom is -0.376 e. The minimum absolute atomic E-state index is 0.0759. The molecule has 1 fully saturated rings. The summed E-state index contributed by atoms with van der Waals surface area (Å²) in [5.41, 5.74) is 2.23. The van der Waals surface area contributed by atoms with Gasteiger partial charge in [0.05, 0.1) is 6.54 Å². The van der Waals surface area contributed by atoms with Crippen molar-refractivity contribution in [3.8, 4) is 0 Å². The lowest BCUT2D eigenvalue weighted by Gasteiger charge is -2.12. The smallest absolute Gasteiger partial charge is 0.251 e. The SMILES string of the molecule is Cc1ccc(C(=O)NC2CC2)cc1NCC(=O)Nc1ccc(F)c(F)c1. The highest BCUT2D eigenvalue weighted by atomic mass is 19.2. The predicted octanol–water partition coefficient (Wildman–Crippen LogP) is 3.22. The van der Waals surface area contributed by atoms with E-state index in [1.165, 1.54) is 6.07 Å². The van der Waals surface area contributed by atoms with Crippen LogP contribution >= 0.6 is 0 Å². The molecule has 1 aliphatic rings. The Morgan fingerprint density at radius 2 is 1.85 bits per heavy atom. The number of rotatable bonds is 6. The first-order chi connectivity index (χ1) is 12.4. The molecule has 136 valence electrons. The highest BCUT2D eigenvalue weighted by molar-refractivity contribution is 5.96. The molecule has 7 heteroatoms. The average molecular weight is 359 g/mol. The Kier molecular flexibility index (Phi) is 5.16. The lowest BCUT2D eigenvalue weighted by molar-refractivity contribution is -0.114. The second-order valence-electron chi connectivity index (χ2n) is 6.31. The van der Waals surface area contributed by atoms with Crippen LogP contribution in [0.25, 0.3) is 0 Å². The quantitative estimate of drug-likeness (QED) is 0.742. The van der Waals surface area contributed by atoms with Gasteiger partial charge in [0, 0.05) is 29.0 Å². The number of amides is 2. The number of carbonyl (C=O) groups excluding carboxylic acids is 2. The third-order valence-corrected chi connectivity index (χ3v) is 4.06. The Morgan fingerprint density at radius 3 is 2.54 bits per heavy atom. The molecule has 2 aromatic rings. The van der Waals surface area contributed by atoms with Crippen molar-refractivity contribution >= 4 is 23.2 Å². The Hall–Kier alpha value is -2.96. The van der Waals surface area contributed by atoms with E-state index in [2.05, 4.69) is 16.0 Å². The number of benzene rings is 2. The third-order valence-electron chi connectivity index (χ3n) is 4.06. The highest BCUT2D eigenvalue weighted by Crippen LogP contribution is 2.21. The number of nitrogens with one attached hydrogen (secondary N) is 3. The molecule has 2 aromatic carbocycles. The second kappa shape index (κ2) is 7.51. The normalized spacial score (nSPS) is 13.2. The topological polar surface area (TPSA) is 70.2 Å². The number of hydrogen-bond donors (Lipinski definition) is 3. The van der Waals surface area contributed by atoms with Gasteiger partial charge in [-0.15, -0.1) is 0 Å². The lowest BCUT2D eigenvalue weighted by atomic mass is 10.1. The molecule has 0 aromatic heterocycles. The van der Waals surface area contributed by atoms with Gasteiger partial charge in [-0.1, -0.05) is 6.07 Å². The van der Waals surface area contributed by atoms with Crippen molar-refractivity contribution in [3.05, 3.63) is 59.2 Å². The van der Waals surface area contributed by atoms with Crippen molar-refractivity contribution in [2.75, 3.05) is 17.2 Å². The fraction of sp³-hybridized carbons (Fsp3) is 0.263. The Bertz CT molecular complexity index is 851. The largest absolute Gasteiger partial charge is 0.376 e. The van der Waals surface area contributed by atoms with E-state index in [0.29, 0.717) is 11.3 Å². The minimum atomic E-state index is -1.03. The van der Waals surface area contributed by atoms with Crippen LogP contribution in [0.5, 0.6) is 0 Å². The molecule has 0 bridgehead atoms. The Balaban J connectivity index is 1.60. The first kappa shape index (κ1) is 17.8. The zero-order chi connectivity index (χ0) is 18.7. The molecule has 26 heavy (non-hydrogen) atoms. The van der Waals surface area contributed by atoms with Gasteiger partial charge in [-0.05, 0) is 49.6 Å². The standard InChI is InChI=1S/C19H19F2N3O2/c1-11-2-3-12(19(26)24-13-4-5-13)8-17(11)22-10-18(25)23-14-6-7-15(20)16(21)9-14/h2-3,6-9,13,22H,4-5,10H2,1H3,(H,23,25)(H,24,26). The first-order valence-corrected chi connectivity index (χ1v) is 8.32. The maximum Gasteiger partial charge on any atom is 0.251 e. The molecule has 0 atom stereocenters. The molecule has 5 nitrogen and oxygen atoms in total. The summed E-state index contributed by atoms with van der Waals surface area (Å²) in [4.78, 5) is 24.1. The van der Waals surface area contributed by atoms with E-state index in [9.17, 15) is 18.4 Å². The molecule has 0 heterocycles. The van der Waals surface area contributed by atoms with E-state index in [1.807, 2.05) is 6.92 Å². The molecule has 0 aliphatic heterocycles. The van der Waals surface area contributed by atoms with E-state index < -0.39 is 17.5 Å². The monoisotopic (exact) mass is 359 g/mol. The number of halogens is 2. The van der Waals surface area contributed by atoms with Gasteiger partial charge >= 0.3 is 0 Å². The van der Waals surface area contributed by atoms with Crippen LogP contribution in [-0.4, -0.2) is 24.4 Å². The van der Waals surface area contributed by atoms with Gasteiger partial charge in [0.1, 0.15) is 0 Å². The Labute approximate surface area is 149 Å². The molecule has 1 saturated carbocycles. The van der Waals surface area contributed by atoms with Gasteiger partial charge in [0.2, 0.25) is 5.91 Å². The van der Waals surface area contributed by atoms with E-state index in [0.717, 1.165) is 30.5 Å². The molecule has 0 unspecified atom stereocenters. The van der Waals surface area contributed by atoms with Crippen LogP contribution < -0.4 is 16.0 Å². The molecule has 1 aliphatic carbocycles. The number of anilines is 2. The van der Waals surface area contributed by atoms with Gasteiger partial charge in [-0.2, -0.15) is 0 Å². The summed E-state index contributed by atoms with van der Waals surface area (Å²) in [5.74, 6) is -2.55. The number of hydrogen-bond acceptors (Lipinski definition) is 3. The van der Waals surface area contributed by atoms with Crippen LogP contribution in [0.1, 0.15) is 28.8 Å². The molecular weight excluding hydrogens is 340 g/mol. The molecule has 0 radical (unpaired) electrons. The average Bonchev–Trinajstić information content (AvgIpc) is 3.41. The molecule has 2 amide bonds. The molecular formula is C19H19F2N3O2. The van der Waals surface area contributed by atoms with Gasteiger partial charge in [0.15, 0.2) is 11.6 Å². The zero-order valence-electron chi connectivity index (χ0n) is 14.2. The van der Waals surface area contributed by atoms with Crippen molar-refractivity contribution in [2.24, 2.45) is 0 Å². The van der Waals surface area contributed by atoms with Gasteiger partial charge in [-0.3, -0.25) is 9.59 Å². The Morgan fingerprint density at radius 1 is 1.08 bits per heavy atom. The van der Waals surface area contributed by atoms with Crippen molar-refractivity contribution in [1.82, 2.24) is 5.32 Å². The van der Waals surface area contributed by atoms with E-state index in [-0.39, 0.29) is 24.2 Å². The molecule has 3 rings (SSSR count).